The van der Waals surface area contributed by atoms with Crippen molar-refractivity contribution < 1.29 is 18.0 Å². The summed E-state index contributed by atoms with van der Waals surface area (Å²) in [4.78, 5) is 22.2. The van der Waals surface area contributed by atoms with Crippen LogP contribution in [0.25, 0.3) is 0 Å². The number of carbonyl (C=O) groups is 2. The lowest BCUT2D eigenvalue weighted by Gasteiger charge is -2.17. The summed E-state index contributed by atoms with van der Waals surface area (Å²) in [7, 11) is -1.30. The number of urea groups is 1. The van der Waals surface area contributed by atoms with Crippen molar-refractivity contribution in [3.05, 3.63) is 29.8 Å². The molecule has 0 aliphatic rings. The fraction of sp³-hybridized carbons (Fsp3) is 0.385. The maximum absolute atomic E-state index is 12.2. The van der Waals surface area contributed by atoms with Gasteiger partial charge in [0.25, 0.3) is 10.0 Å². The highest BCUT2D eigenvalue weighted by Gasteiger charge is 2.24. The van der Waals surface area contributed by atoms with E-state index in [0.717, 1.165) is 5.56 Å². The Kier molecular flexibility index (Phi) is 5.71. The molecular formula is C13H19N3O4S. The minimum atomic E-state index is -3.85. The minimum absolute atomic E-state index is 0.0388. The summed E-state index contributed by atoms with van der Waals surface area (Å²) in [5.41, 5.74) is 0.894. The first-order valence-electron chi connectivity index (χ1n) is 6.33. The van der Waals surface area contributed by atoms with Crippen LogP contribution >= 0.6 is 0 Å². The second kappa shape index (κ2) is 7.07. The number of benzene rings is 1. The molecule has 0 heterocycles. The van der Waals surface area contributed by atoms with Crippen molar-refractivity contribution >= 4 is 22.0 Å². The molecular weight excluding hydrogens is 294 g/mol. The summed E-state index contributed by atoms with van der Waals surface area (Å²) < 4.78 is 25.0. The Morgan fingerprint density at radius 2 is 1.76 bits per heavy atom. The maximum Gasteiger partial charge on any atom is 0.330 e. The Hall–Kier alpha value is -2.09. The first-order chi connectivity index (χ1) is 9.78. The van der Waals surface area contributed by atoms with Crippen LogP contribution in [0.1, 0.15) is 12.5 Å². The molecule has 1 aromatic rings. The molecule has 7 nitrogen and oxygen atoms in total. The molecule has 0 aliphatic heterocycles. The summed E-state index contributed by atoms with van der Waals surface area (Å²) >= 11 is 0. The van der Waals surface area contributed by atoms with E-state index < -0.39 is 16.1 Å². The lowest BCUT2D eigenvalue weighted by Crippen LogP contribution is -2.39. The molecule has 0 aliphatic carbocycles. The van der Waals surface area contributed by atoms with Gasteiger partial charge in [-0.3, -0.25) is 4.79 Å². The fourth-order valence-electron chi connectivity index (χ4n) is 1.64. The van der Waals surface area contributed by atoms with E-state index in [2.05, 4.69) is 10.6 Å². The number of nitrogens with zero attached hydrogens (tertiary/aromatic N) is 1. The molecule has 0 radical (unpaired) electrons. The van der Waals surface area contributed by atoms with Gasteiger partial charge >= 0.3 is 6.03 Å². The van der Waals surface area contributed by atoms with Crippen LogP contribution in [0.5, 0.6) is 0 Å². The highest BCUT2D eigenvalue weighted by molar-refractivity contribution is 7.89. The van der Waals surface area contributed by atoms with Crippen molar-refractivity contribution in [3.63, 3.8) is 0 Å². The summed E-state index contributed by atoms with van der Waals surface area (Å²) in [6.07, 6.45) is 0.602. The zero-order chi connectivity index (χ0) is 16.0. The van der Waals surface area contributed by atoms with Gasteiger partial charge in [-0.1, -0.05) is 12.1 Å². The first-order valence-corrected chi connectivity index (χ1v) is 7.77. The quantitative estimate of drug-likeness (QED) is 0.818. The molecule has 21 heavy (non-hydrogen) atoms. The third-order valence-electron chi connectivity index (χ3n) is 2.87. The van der Waals surface area contributed by atoms with Gasteiger partial charge in [0, 0.05) is 27.6 Å². The maximum atomic E-state index is 12.2. The molecule has 0 spiro atoms. The number of carbonyl (C=O) groups excluding carboxylic acids is 2. The van der Waals surface area contributed by atoms with Crippen molar-refractivity contribution in [3.8, 4) is 0 Å². The Balaban J connectivity index is 2.82. The zero-order valence-electron chi connectivity index (χ0n) is 12.2. The molecule has 1 aromatic carbocycles. The molecule has 3 amide bonds. The van der Waals surface area contributed by atoms with Gasteiger partial charge in [0.05, 0.1) is 4.90 Å². The smallest absolute Gasteiger partial charge is 0.330 e. The number of nitrogens with one attached hydrogen (secondary N) is 2. The lowest BCUT2D eigenvalue weighted by atomic mass is 10.1. The molecule has 2 N–H and O–H groups in total. The van der Waals surface area contributed by atoms with Crippen LogP contribution in [0.3, 0.4) is 0 Å². The van der Waals surface area contributed by atoms with Crippen LogP contribution in [0.15, 0.2) is 29.2 Å². The number of hydrogen-bond donors (Lipinski definition) is 2. The van der Waals surface area contributed by atoms with Crippen LogP contribution in [0.2, 0.25) is 0 Å². The molecule has 0 fully saturated rings. The molecule has 0 aromatic heterocycles. The molecule has 116 valence electrons. The Labute approximate surface area is 124 Å². The van der Waals surface area contributed by atoms with Gasteiger partial charge in [0.2, 0.25) is 5.91 Å². The normalized spacial score (nSPS) is 10.8. The Morgan fingerprint density at radius 1 is 1.19 bits per heavy atom. The molecule has 0 bridgehead atoms. The largest absolute Gasteiger partial charge is 0.356 e. The van der Waals surface area contributed by atoms with Crippen molar-refractivity contribution in [2.75, 3.05) is 20.6 Å². The van der Waals surface area contributed by atoms with Crippen LogP contribution in [-0.2, 0) is 21.2 Å². The third-order valence-corrected chi connectivity index (χ3v) is 4.62. The van der Waals surface area contributed by atoms with Crippen LogP contribution in [0, 0.1) is 0 Å². The van der Waals surface area contributed by atoms with Gasteiger partial charge in [-0.05, 0) is 24.1 Å². The van der Waals surface area contributed by atoms with Gasteiger partial charge in [0.1, 0.15) is 0 Å². The Morgan fingerprint density at radius 3 is 2.24 bits per heavy atom. The summed E-state index contributed by atoms with van der Waals surface area (Å²) in [5, 5.41) is 4.92. The zero-order valence-corrected chi connectivity index (χ0v) is 13.0. The monoisotopic (exact) mass is 313 g/mol. The van der Waals surface area contributed by atoms with Gasteiger partial charge in [-0.25, -0.2) is 17.5 Å². The number of hydrogen-bond acceptors (Lipinski definition) is 4. The van der Waals surface area contributed by atoms with E-state index in [4.69, 9.17) is 0 Å². The summed E-state index contributed by atoms with van der Waals surface area (Å²) in [6, 6.07) is 5.50. The predicted octanol–water partition coefficient (Wildman–Crippen LogP) is 0.325. The van der Waals surface area contributed by atoms with E-state index in [1.807, 2.05) is 0 Å². The van der Waals surface area contributed by atoms with Crippen molar-refractivity contribution in [2.24, 2.45) is 0 Å². The average Bonchev–Trinajstić information content (AvgIpc) is 2.45. The van der Waals surface area contributed by atoms with Gasteiger partial charge in [-0.15, -0.1) is 0 Å². The molecule has 0 saturated carbocycles. The van der Waals surface area contributed by atoms with E-state index in [-0.39, 0.29) is 10.8 Å². The van der Waals surface area contributed by atoms with Crippen LogP contribution in [-0.4, -0.2) is 45.3 Å². The second-order valence-corrected chi connectivity index (χ2v) is 6.37. The standard InChI is InChI=1S/C13H19N3O4S/c1-10(17)15-9-8-11-4-6-12(7-5-11)21(19,20)16(3)13(18)14-2/h4-7H,8-9H2,1-3H3,(H,14,18)(H,15,17). The molecule has 8 heteroatoms. The minimum Gasteiger partial charge on any atom is -0.356 e. The summed E-state index contributed by atoms with van der Waals surface area (Å²) in [6.45, 7) is 1.92. The van der Waals surface area contributed by atoms with Crippen molar-refractivity contribution in [2.45, 2.75) is 18.2 Å². The van der Waals surface area contributed by atoms with Gasteiger partial charge < -0.3 is 10.6 Å². The van der Waals surface area contributed by atoms with Crippen LogP contribution in [0.4, 0.5) is 4.79 Å². The third kappa shape index (κ3) is 4.45. The highest BCUT2D eigenvalue weighted by atomic mass is 32.2. The number of sulfonamides is 1. The van der Waals surface area contributed by atoms with Crippen LogP contribution < -0.4 is 10.6 Å². The SMILES string of the molecule is CNC(=O)N(C)S(=O)(=O)c1ccc(CCNC(C)=O)cc1. The fourth-order valence-corrected chi connectivity index (χ4v) is 2.74. The topological polar surface area (TPSA) is 95.6 Å². The van der Waals surface area contributed by atoms with E-state index >= 15 is 0 Å². The predicted molar refractivity (Wildman–Crippen MR) is 78.2 cm³/mol. The number of rotatable bonds is 5. The molecule has 0 unspecified atom stereocenters. The second-order valence-electron chi connectivity index (χ2n) is 4.40. The van der Waals surface area contributed by atoms with E-state index in [9.17, 15) is 18.0 Å². The van der Waals surface area contributed by atoms with E-state index in [1.54, 1.807) is 12.1 Å². The van der Waals surface area contributed by atoms with Crippen molar-refractivity contribution in [1.29, 1.82) is 0 Å². The van der Waals surface area contributed by atoms with E-state index in [1.165, 1.54) is 33.2 Å². The molecule has 0 atom stereocenters. The Bertz CT molecular complexity index is 611. The van der Waals surface area contributed by atoms with Gasteiger partial charge in [-0.2, -0.15) is 0 Å². The number of amides is 3. The van der Waals surface area contributed by atoms with Crippen molar-refractivity contribution in [1.82, 2.24) is 14.9 Å². The van der Waals surface area contributed by atoms with E-state index in [0.29, 0.717) is 17.3 Å². The molecule has 0 saturated heterocycles. The highest BCUT2D eigenvalue weighted by Crippen LogP contribution is 2.15. The molecule has 1 rings (SSSR count). The summed E-state index contributed by atoms with van der Waals surface area (Å²) in [5.74, 6) is -0.110. The average molecular weight is 313 g/mol. The lowest BCUT2D eigenvalue weighted by molar-refractivity contribution is -0.118. The first kappa shape index (κ1) is 17.0. The van der Waals surface area contributed by atoms with Gasteiger partial charge in [0.15, 0.2) is 0 Å².